The maximum absolute atomic E-state index is 11.8. The first kappa shape index (κ1) is 14.7. The molecule has 7 heteroatoms. The molecule has 2 aliphatic heterocycles. The summed E-state index contributed by atoms with van der Waals surface area (Å²) in [5.41, 5.74) is 0.938. The quantitative estimate of drug-likeness (QED) is 0.774. The van der Waals surface area contributed by atoms with Crippen LogP contribution in [0, 0.1) is 5.41 Å². The largest absolute Gasteiger partial charge is 0.486 e. The van der Waals surface area contributed by atoms with Gasteiger partial charge < -0.3 is 14.2 Å². The fourth-order valence-electron chi connectivity index (χ4n) is 2.61. The van der Waals surface area contributed by atoms with Crippen molar-refractivity contribution < 1.29 is 18.3 Å². The van der Waals surface area contributed by atoms with Gasteiger partial charge in [0.15, 0.2) is 11.1 Å². The highest BCUT2D eigenvalue weighted by molar-refractivity contribution is 7.79. The van der Waals surface area contributed by atoms with Crippen LogP contribution in [0.15, 0.2) is 16.4 Å². The zero-order chi connectivity index (χ0) is 15.0. The van der Waals surface area contributed by atoms with Crippen LogP contribution in [0.5, 0.6) is 0 Å². The van der Waals surface area contributed by atoms with Crippen molar-refractivity contribution in [2.45, 2.75) is 37.9 Å². The molecule has 0 bridgehead atoms. The number of ether oxygens (including phenoxy) is 1. The minimum Gasteiger partial charge on any atom is -0.486 e. The molecule has 0 aromatic rings. The number of piperidine rings is 1. The zero-order valence-corrected chi connectivity index (χ0v) is 12.9. The van der Waals surface area contributed by atoms with Crippen molar-refractivity contribution in [2.24, 2.45) is 10.4 Å². The third kappa shape index (κ3) is 3.18. The summed E-state index contributed by atoms with van der Waals surface area (Å²) in [6, 6.07) is 0. The lowest BCUT2D eigenvalue weighted by Crippen LogP contribution is -2.37. The minimum atomic E-state index is -1.77. The van der Waals surface area contributed by atoms with Crippen LogP contribution in [0.2, 0.25) is 0 Å². The van der Waals surface area contributed by atoms with E-state index in [1.807, 2.05) is 4.90 Å². The molecule has 0 spiro atoms. The number of allylic oxidation sites excluding steroid dienone is 1. The first-order valence-corrected chi connectivity index (χ1v) is 8.46. The van der Waals surface area contributed by atoms with Gasteiger partial charge in [0.25, 0.3) is 0 Å². The Morgan fingerprint density at radius 2 is 2.14 bits per heavy atom. The van der Waals surface area contributed by atoms with Gasteiger partial charge in [0.2, 0.25) is 5.76 Å². The standard InChI is InChI=1S/C14H20N2O4S/c1-14(4-5-14)9-20-12-11(8-15-13(12)17)16-6-2-10(3-7-16)21(18)19/h8,10H,2-7,9H2,1H3,(H,18,19). The molecule has 0 aromatic heterocycles. The summed E-state index contributed by atoms with van der Waals surface area (Å²) in [7, 11) is 0. The van der Waals surface area contributed by atoms with Gasteiger partial charge in [-0.25, -0.2) is 9.20 Å². The lowest BCUT2D eigenvalue weighted by Gasteiger charge is -2.32. The van der Waals surface area contributed by atoms with Crippen molar-refractivity contribution in [1.29, 1.82) is 0 Å². The van der Waals surface area contributed by atoms with E-state index >= 15 is 0 Å². The number of nitrogens with zero attached hydrogens (tertiary/aromatic N) is 2. The predicted octanol–water partition coefficient (Wildman–Crippen LogP) is 1.31. The monoisotopic (exact) mass is 312 g/mol. The first-order valence-electron chi connectivity index (χ1n) is 7.29. The Kier molecular flexibility index (Phi) is 3.88. The molecule has 1 unspecified atom stereocenters. The van der Waals surface area contributed by atoms with E-state index in [1.54, 1.807) is 6.21 Å². The summed E-state index contributed by atoms with van der Waals surface area (Å²) < 4.78 is 26.0. The van der Waals surface area contributed by atoms with Crippen LogP contribution in [0.4, 0.5) is 0 Å². The fraction of sp³-hybridized carbons (Fsp3) is 0.714. The molecule has 1 atom stereocenters. The maximum atomic E-state index is 11.8. The van der Waals surface area contributed by atoms with Crippen LogP contribution in [0.3, 0.4) is 0 Å². The van der Waals surface area contributed by atoms with Crippen molar-refractivity contribution in [3.05, 3.63) is 11.5 Å². The molecule has 2 heterocycles. The minimum absolute atomic E-state index is 0.175. The van der Waals surface area contributed by atoms with Gasteiger partial charge in [0, 0.05) is 18.5 Å². The third-order valence-electron chi connectivity index (χ3n) is 4.47. The highest BCUT2D eigenvalue weighted by atomic mass is 32.2. The molecule has 3 aliphatic rings. The van der Waals surface area contributed by atoms with Gasteiger partial charge in [-0.2, -0.15) is 0 Å². The molecule has 1 saturated carbocycles. The molecular weight excluding hydrogens is 292 g/mol. The second-order valence-corrected chi connectivity index (χ2v) is 7.56. The molecule has 116 valence electrons. The lowest BCUT2D eigenvalue weighted by atomic mass is 10.1. The van der Waals surface area contributed by atoms with E-state index < -0.39 is 11.1 Å². The predicted molar refractivity (Wildman–Crippen MR) is 79.2 cm³/mol. The molecule has 1 saturated heterocycles. The van der Waals surface area contributed by atoms with Crippen LogP contribution < -0.4 is 0 Å². The van der Waals surface area contributed by atoms with Crippen molar-refractivity contribution in [3.8, 4) is 0 Å². The number of carbonyl (C=O) groups excluding carboxylic acids is 1. The Morgan fingerprint density at radius 3 is 2.71 bits per heavy atom. The highest BCUT2D eigenvalue weighted by Gasteiger charge is 2.39. The van der Waals surface area contributed by atoms with Crippen LogP contribution in [-0.2, 0) is 20.6 Å². The van der Waals surface area contributed by atoms with E-state index in [9.17, 15) is 9.00 Å². The molecule has 3 rings (SSSR count). The second kappa shape index (κ2) is 5.53. The molecular formula is C14H20N2O4S. The van der Waals surface area contributed by atoms with Crippen molar-refractivity contribution >= 4 is 23.2 Å². The summed E-state index contributed by atoms with van der Waals surface area (Å²) >= 11 is -1.77. The number of amides is 1. The van der Waals surface area contributed by atoms with Gasteiger partial charge in [-0.15, -0.1) is 0 Å². The highest BCUT2D eigenvalue weighted by Crippen LogP contribution is 2.45. The Balaban J connectivity index is 1.66. The Labute approximate surface area is 126 Å². The molecule has 1 amide bonds. The summed E-state index contributed by atoms with van der Waals surface area (Å²) in [5, 5.41) is -0.175. The van der Waals surface area contributed by atoms with E-state index in [0.29, 0.717) is 38.3 Å². The maximum Gasteiger partial charge on any atom is 0.314 e. The van der Waals surface area contributed by atoms with Gasteiger partial charge in [0.05, 0.1) is 18.1 Å². The number of aliphatic imine (C=N–C) groups is 1. The molecule has 0 aromatic carbocycles. The van der Waals surface area contributed by atoms with E-state index in [1.165, 1.54) is 0 Å². The number of hydrogen-bond donors (Lipinski definition) is 1. The topological polar surface area (TPSA) is 79.2 Å². The van der Waals surface area contributed by atoms with Gasteiger partial charge in [-0.3, -0.25) is 4.79 Å². The number of likely N-dealkylation sites (tertiary alicyclic amines) is 1. The van der Waals surface area contributed by atoms with Crippen LogP contribution in [0.1, 0.15) is 32.6 Å². The van der Waals surface area contributed by atoms with Crippen LogP contribution in [0.25, 0.3) is 0 Å². The van der Waals surface area contributed by atoms with Gasteiger partial charge in [0.1, 0.15) is 5.70 Å². The summed E-state index contributed by atoms with van der Waals surface area (Å²) in [4.78, 5) is 17.7. The van der Waals surface area contributed by atoms with Crippen LogP contribution in [-0.4, -0.2) is 50.7 Å². The second-order valence-electron chi connectivity index (χ2n) is 6.34. The lowest BCUT2D eigenvalue weighted by molar-refractivity contribution is -0.117. The molecule has 1 aliphatic carbocycles. The van der Waals surface area contributed by atoms with Crippen molar-refractivity contribution in [3.63, 3.8) is 0 Å². The summed E-state index contributed by atoms with van der Waals surface area (Å²) in [6.07, 6.45) is 5.11. The molecule has 6 nitrogen and oxygen atoms in total. The SMILES string of the molecule is CC1(COC2=C(N3CCC(S(=O)O)CC3)C=NC2=O)CC1. The van der Waals surface area contributed by atoms with E-state index in [0.717, 1.165) is 18.5 Å². The van der Waals surface area contributed by atoms with E-state index in [-0.39, 0.29) is 16.6 Å². The van der Waals surface area contributed by atoms with Crippen molar-refractivity contribution in [1.82, 2.24) is 4.90 Å². The van der Waals surface area contributed by atoms with Gasteiger partial charge in [-0.05, 0) is 25.7 Å². The average Bonchev–Trinajstić information content (AvgIpc) is 3.08. The molecule has 2 fully saturated rings. The van der Waals surface area contributed by atoms with Crippen LogP contribution >= 0.6 is 0 Å². The number of hydrogen-bond acceptors (Lipinski definition) is 4. The van der Waals surface area contributed by atoms with E-state index in [4.69, 9.17) is 9.29 Å². The fourth-order valence-corrected chi connectivity index (χ4v) is 3.22. The number of rotatable bonds is 5. The number of carbonyl (C=O) groups is 1. The summed E-state index contributed by atoms with van der Waals surface area (Å²) in [6.45, 7) is 4.00. The van der Waals surface area contributed by atoms with Gasteiger partial charge in [-0.1, -0.05) is 6.92 Å². The summed E-state index contributed by atoms with van der Waals surface area (Å²) in [5.74, 6) is 0.0220. The average molecular weight is 312 g/mol. The van der Waals surface area contributed by atoms with Gasteiger partial charge >= 0.3 is 5.91 Å². The zero-order valence-electron chi connectivity index (χ0n) is 12.1. The van der Waals surface area contributed by atoms with E-state index in [2.05, 4.69) is 11.9 Å². The Bertz CT molecular complexity index is 531. The Hall–Kier alpha value is -1.21. The Morgan fingerprint density at radius 1 is 1.48 bits per heavy atom. The first-order chi connectivity index (χ1) is 9.98. The molecule has 21 heavy (non-hydrogen) atoms. The molecule has 1 N–H and O–H groups in total. The van der Waals surface area contributed by atoms with Crippen molar-refractivity contribution in [2.75, 3.05) is 19.7 Å². The smallest absolute Gasteiger partial charge is 0.314 e. The normalized spacial score (nSPS) is 26.4. The third-order valence-corrected chi connectivity index (χ3v) is 5.51. The molecule has 0 radical (unpaired) electrons.